The minimum atomic E-state index is -0.588. The molecule has 3 N–H and O–H groups in total. The van der Waals surface area contributed by atoms with E-state index < -0.39 is 5.54 Å². The van der Waals surface area contributed by atoms with Crippen LogP contribution in [0.4, 0.5) is 0 Å². The van der Waals surface area contributed by atoms with Gasteiger partial charge in [-0.3, -0.25) is 0 Å². The highest BCUT2D eigenvalue weighted by atomic mass is 35.5. The Bertz CT molecular complexity index is 463. The summed E-state index contributed by atoms with van der Waals surface area (Å²) in [5, 5.41) is 9.77. The maximum absolute atomic E-state index is 9.22. The summed E-state index contributed by atoms with van der Waals surface area (Å²) in [6.45, 7) is 4.57. The first kappa shape index (κ1) is 19.1. The van der Waals surface area contributed by atoms with E-state index in [-0.39, 0.29) is 6.61 Å². The lowest BCUT2D eigenvalue weighted by Crippen LogP contribution is -2.40. The summed E-state index contributed by atoms with van der Waals surface area (Å²) in [6, 6.07) is 3.81. The van der Waals surface area contributed by atoms with Crippen molar-refractivity contribution in [2.24, 2.45) is 5.73 Å². The number of rotatable bonds is 10. The molecule has 0 saturated carbocycles. The van der Waals surface area contributed by atoms with Crippen LogP contribution in [0.15, 0.2) is 12.1 Å². The smallest absolute Gasteiger partial charge is 0.179 e. The lowest BCUT2D eigenvalue weighted by Gasteiger charge is -2.22. The molecule has 0 aliphatic carbocycles. The molecule has 4 nitrogen and oxygen atoms in total. The first-order valence-electron chi connectivity index (χ1n) is 7.82. The van der Waals surface area contributed by atoms with Gasteiger partial charge in [0.2, 0.25) is 0 Å². The Morgan fingerprint density at radius 3 is 2.64 bits per heavy atom. The van der Waals surface area contributed by atoms with Gasteiger partial charge in [0, 0.05) is 5.54 Å². The summed E-state index contributed by atoms with van der Waals surface area (Å²) >= 11 is 6.32. The number of aryl methyl sites for hydroxylation is 1. The molecule has 0 heterocycles. The fourth-order valence-electron chi connectivity index (χ4n) is 2.09. The van der Waals surface area contributed by atoms with Crippen LogP contribution >= 0.6 is 11.6 Å². The van der Waals surface area contributed by atoms with E-state index in [1.165, 1.54) is 0 Å². The minimum absolute atomic E-state index is 0.0451. The van der Waals surface area contributed by atoms with Gasteiger partial charge in [-0.25, -0.2) is 0 Å². The molecule has 1 rings (SSSR count). The number of hydrogen-bond acceptors (Lipinski definition) is 4. The molecular formula is C17H28ClNO3. The molecule has 0 unspecified atom stereocenters. The average molecular weight is 330 g/mol. The summed E-state index contributed by atoms with van der Waals surface area (Å²) in [4.78, 5) is 0. The Labute approximate surface area is 138 Å². The van der Waals surface area contributed by atoms with Crippen molar-refractivity contribution in [3.05, 3.63) is 22.7 Å². The Balaban J connectivity index is 2.77. The van der Waals surface area contributed by atoms with Crippen molar-refractivity contribution < 1.29 is 14.6 Å². The molecule has 0 amide bonds. The second-order valence-electron chi connectivity index (χ2n) is 5.98. The highest BCUT2D eigenvalue weighted by molar-refractivity contribution is 6.32. The summed E-state index contributed by atoms with van der Waals surface area (Å²) in [5.41, 5.74) is 6.39. The van der Waals surface area contributed by atoms with Crippen molar-refractivity contribution in [2.45, 2.75) is 51.5 Å². The van der Waals surface area contributed by atoms with E-state index in [0.717, 1.165) is 31.2 Å². The van der Waals surface area contributed by atoms with Crippen LogP contribution in [0.2, 0.25) is 5.02 Å². The van der Waals surface area contributed by atoms with Crippen LogP contribution in [0.1, 0.15) is 45.1 Å². The van der Waals surface area contributed by atoms with Gasteiger partial charge in [0.1, 0.15) is 0 Å². The molecule has 0 aliphatic heterocycles. The third-order valence-electron chi connectivity index (χ3n) is 3.63. The van der Waals surface area contributed by atoms with E-state index in [1.807, 2.05) is 19.1 Å². The number of aliphatic hydroxyl groups excluding tert-OH is 1. The van der Waals surface area contributed by atoms with Crippen molar-refractivity contribution in [3.63, 3.8) is 0 Å². The van der Waals surface area contributed by atoms with Gasteiger partial charge in [0.25, 0.3) is 0 Å². The SMILES string of the molecule is CCCCCOc1c(Cl)cc(CC[C@@](C)(N)CO)cc1OC. The number of halogens is 1. The largest absolute Gasteiger partial charge is 0.493 e. The van der Waals surface area contributed by atoms with E-state index in [1.54, 1.807) is 7.11 Å². The van der Waals surface area contributed by atoms with Crippen molar-refractivity contribution in [1.29, 1.82) is 0 Å². The molecule has 0 spiro atoms. The Hall–Kier alpha value is -0.970. The normalized spacial score (nSPS) is 13.7. The van der Waals surface area contributed by atoms with Gasteiger partial charge in [-0.1, -0.05) is 31.4 Å². The Morgan fingerprint density at radius 1 is 1.32 bits per heavy atom. The van der Waals surface area contributed by atoms with Crippen LogP contribution in [0.25, 0.3) is 0 Å². The van der Waals surface area contributed by atoms with E-state index in [0.29, 0.717) is 29.5 Å². The van der Waals surface area contributed by atoms with Crippen LogP contribution in [-0.2, 0) is 6.42 Å². The van der Waals surface area contributed by atoms with E-state index in [4.69, 9.17) is 26.8 Å². The maximum Gasteiger partial charge on any atom is 0.179 e. The highest BCUT2D eigenvalue weighted by Gasteiger charge is 2.18. The quantitative estimate of drug-likeness (QED) is 0.644. The zero-order chi connectivity index (χ0) is 16.6. The van der Waals surface area contributed by atoms with Crippen molar-refractivity contribution >= 4 is 11.6 Å². The zero-order valence-electron chi connectivity index (χ0n) is 13.8. The molecule has 5 heteroatoms. The third kappa shape index (κ3) is 6.03. The number of nitrogens with two attached hydrogens (primary N) is 1. The number of ether oxygens (including phenoxy) is 2. The Kier molecular flexibility index (Phi) is 8.01. The Morgan fingerprint density at radius 2 is 2.05 bits per heavy atom. The number of benzene rings is 1. The summed E-state index contributed by atoms with van der Waals surface area (Å²) in [6.07, 6.45) is 4.67. The standard InChI is InChI=1S/C17H28ClNO3/c1-4-5-6-9-22-16-14(18)10-13(11-15(16)21-3)7-8-17(2,19)12-20/h10-11,20H,4-9,12,19H2,1-3H3/t17-/m1/s1. The zero-order valence-corrected chi connectivity index (χ0v) is 14.6. The van der Waals surface area contributed by atoms with Gasteiger partial charge in [-0.15, -0.1) is 0 Å². The van der Waals surface area contributed by atoms with E-state index in [2.05, 4.69) is 6.92 Å². The molecule has 0 aliphatic rings. The summed E-state index contributed by atoms with van der Waals surface area (Å²) in [5.74, 6) is 1.24. The summed E-state index contributed by atoms with van der Waals surface area (Å²) < 4.78 is 11.2. The van der Waals surface area contributed by atoms with Gasteiger partial charge in [-0.2, -0.15) is 0 Å². The van der Waals surface area contributed by atoms with E-state index >= 15 is 0 Å². The molecule has 0 fully saturated rings. The van der Waals surface area contributed by atoms with Crippen molar-refractivity contribution in [1.82, 2.24) is 0 Å². The molecule has 1 aromatic carbocycles. The minimum Gasteiger partial charge on any atom is -0.493 e. The molecule has 0 aromatic heterocycles. The second kappa shape index (κ2) is 9.23. The van der Waals surface area contributed by atoms with Crippen LogP contribution in [0, 0.1) is 0 Å². The monoisotopic (exact) mass is 329 g/mol. The molecule has 0 saturated heterocycles. The van der Waals surface area contributed by atoms with Gasteiger partial charge in [0.15, 0.2) is 11.5 Å². The van der Waals surface area contributed by atoms with Gasteiger partial charge in [-0.05, 0) is 43.9 Å². The molecule has 0 radical (unpaired) electrons. The number of unbranched alkanes of at least 4 members (excludes halogenated alkanes) is 2. The molecule has 1 atom stereocenters. The van der Waals surface area contributed by atoms with Crippen LogP contribution in [0.5, 0.6) is 11.5 Å². The molecular weight excluding hydrogens is 302 g/mol. The van der Waals surface area contributed by atoms with Gasteiger partial charge < -0.3 is 20.3 Å². The van der Waals surface area contributed by atoms with Crippen molar-refractivity contribution in [2.75, 3.05) is 20.3 Å². The number of aliphatic hydroxyl groups is 1. The first-order valence-corrected chi connectivity index (χ1v) is 8.20. The third-order valence-corrected chi connectivity index (χ3v) is 3.91. The van der Waals surface area contributed by atoms with E-state index in [9.17, 15) is 5.11 Å². The van der Waals surface area contributed by atoms with Crippen LogP contribution < -0.4 is 15.2 Å². The second-order valence-corrected chi connectivity index (χ2v) is 6.38. The number of hydrogen-bond donors (Lipinski definition) is 2. The fraction of sp³-hybridized carbons (Fsp3) is 0.647. The maximum atomic E-state index is 9.22. The molecule has 22 heavy (non-hydrogen) atoms. The lowest BCUT2D eigenvalue weighted by molar-refractivity contribution is 0.200. The molecule has 0 bridgehead atoms. The predicted octanol–water partition coefficient (Wildman–Crippen LogP) is 3.56. The number of methoxy groups -OCH3 is 1. The van der Waals surface area contributed by atoms with Crippen LogP contribution in [-0.4, -0.2) is 31.0 Å². The summed E-state index contributed by atoms with van der Waals surface area (Å²) in [7, 11) is 1.61. The molecule has 1 aromatic rings. The lowest BCUT2D eigenvalue weighted by atomic mass is 9.95. The van der Waals surface area contributed by atoms with Gasteiger partial charge in [0.05, 0.1) is 25.3 Å². The van der Waals surface area contributed by atoms with Crippen molar-refractivity contribution in [3.8, 4) is 11.5 Å². The fourth-order valence-corrected chi connectivity index (χ4v) is 2.38. The average Bonchev–Trinajstić information content (AvgIpc) is 2.50. The first-order chi connectivity index (χ1) is 10.4. The highest BCUT2D eigenvalue weighted by Crippen LogP contribution is 2.37. The molecule has 126 valence electrons. The predicted molar refractivity (Wildman–Crippen MR) is 91.0 cm³/mol. The van der Waals surface area contributed by atoms with Crippen LogP contribution in [0.3, 0.4) is 0 Å². The van der Waals surface area contributed by atoms with Gasteiger partial charge >= 0.3 is 0 Å². The topological polar surface area (TPSA) is 64.7 Å².